The molecule has 1 aliphatic rings. The highest BCUT2D eigenvalue weighted by Crippen LogP contribution is 2.36. The number of anilines is 1. The maximum absolute atomic E-state index is 13.7. The molecule has 2 aromatic rings. The van der Waals surface area contributed by atoms with Crippen LogP contribution in [0.25, 0.3) is 0 Å². The number of halogens is 2. The zero-order chi connectivity index (χ0) is 26.6. The van der Waals surface area contributed by atoms with Crippen LogP contribution in [0.15, 0.2) is 36.4 Å². The molecule has 0 saturated heterocycles. The number of nitrogens with one attached hydrogen (secondary N) is 1. The van der Waals surface area contributed by atoms with Crippen LogP contribution in [0.3, 0.4) is 0 Å². The Morgan fingerprint density at radius 2 is 1.75 bits per heavy atom. The smallest absolute Gasteiger partial charge is 0.244 e. The van der Waals surface area contributed by atoms with E-state index in [1.807, 2.05) is 13.8 Å². The number of amides is 2. The van der Waals surface area contributed by atoms with Crippen molar-refractivity contribution in [3.8, 4) is 11.5 Å². The normalized spacial score (nSPS) is 13.4. The van der Waals surface area contributed by atoms with Crippen LogP contribution >= 0.6 is 23.2 Å². The third-order valence-corrected chi connectivity index (χ3v) is 7.36. The van der Waals surface area contributed by atoms with E-state index in [0.29, 0.717) is 33.5 Å². The number of hydrogen-bond acceptors (Lipinski definition) is 6. The van der Waals surface area contributed by atoms with Gasteiger partial charge in [0.1, 0.15) is 12.6 Å². The van der Waals surface area contributed by atoms with E-state index in [9.17, 15) is 18.0 Å². The van der Waals surface area contributed by atoms with Gasteiger partial charge >= 0.3 is 0 Å². The summed E-state index contributed by atoms with van der Waals surface area (Å²) in [6, 6.07) is 8.56. The molecule has 9 nitrogen and oxygen atoms in total. The molecule has 36 heavy (non-hydrogen) atoms. The summed E-state index contributed by atoms with van der Waals surface area (Å²) in [5.41, 5.74) is 0.881. The van der Waals surface area contributed by atoms with Crippen LogP contribution in [0, 0.1) is 0 Å². The molecule has 1 atom stereocenters. The molecule has 1 aliphatic heterocycles. The Kier molecular flexibility index (Phi) is 8.97. The van der Waals surface area contributed by atoms with Gasteiger partial charge in [-0.05, 0) is 50.1 Å². The molecule has 2 aromatic carbocycles. The first-order valence-electron chi connectivity index (χ1n) is 11.3. The van der Waals surface area contributed by atoms with Crippen molar-refractivity contribution in [1.82, 2.24) is 10.2 Å². The Hall–Kier alpha value is -2.69. The average Bonchev–Trinajstić information content (AvgIpc) is 3.26. The second-order valence-corrected chi connectivity index (χ2v) is 11.4. The van der Waals surface area contributed by atoms with Crippen molar-refractivity contribution in [3.63, 3.8) is 0 Å². The summed E-state index contributed by atoms with van der Waals surface area (Å²) in [5, 5.41) is 3.50. The Balaban J connectivity index is 1.96. The maximum Gasteiger partial charge on any atom is 0.244 e. The lowest BCUT2D eigenvalue weighted by Crippen LogP contribution is -2.53. The summed E-state index contributed by atoms with van der Waals surface area (Å²) in [7, 11) is -3.87. The fraction of sp³-hybridized carbons (Fsp3) is 0.417. The lowest BCUT2D eigenvalue weighted by Gasteiger charge is -2.33. The van der Waals surface area contributed by atoms with Crippen LogP contribution in [0.5, 0.6) is 11.5 Å². The van der Waals surface area contributed by atoms with Gasteiger partial charge in [-0.25, -0.2) is 8.42 Å². The van der Waals surface area contributed by atoms with Gasteiger partial charge in [-0.1, -0.05) is 36.2 Å². The predicted octanol–water partition coefficient (Wildman–Crippen LogP) is 3.82. The Bertz CT molecular complexity index is 1240. The molecule has 1 heterocycles. The number of carbonyl (C=O) groups excluding carboxylic acids is 2. The molecule has 0 aromatic heterocycles. The zero-order valence-corrected chi connectivity index (χ0v) is 22.8. The number of fused-ring (bicyclic) bond motifs is 1. The summed E-state index contributed by atoms with van der Waals surface area (Å²) in [6.45, 7) is 4.95. The van der Waals surface area contributed by atoms with Gasteiger partial charge in [0.05, 0.1) is 22.0 Å². The summed E-state index contributed by atoms with van der Waals surface area (Å²) in [6.07, 6.45) is 1.32. The van der Waals surface area contributed by atoms with Gasteiger partial charge in [-0.3, -0.25) is 13.9 Å². The molecular weight excluding hydrogens is 529 g/mol. The van der Waals surface area contributed by atoms with Crippen molar-refractivity contribution in [2.75, 3.05) is 23.9 Å². The molecular formula is C24H29Cl2N3O6S. The first-order valence-corrected chi connectivity index (χ1v) is 13.9. The zero-order valence-electron chi connectivity index (χ0n) is 20.5. The van der Waals surface area contributed by atoms with Crippen molar-refractivity contribution in [3.05, 3.63) is 52.0 Å². The van der Waals surface area contributed by atoms with Crippen LogP contribution in [0.1, 0.15) is 32.8 Å². The number of ether oxygens (including phenoxy) is 2. The molecule has 0 spiro atoms. The van der Waals surface area contributed by atoms with E-state index in [-0.39, 0.29) is 31.0 Å². The molecule has 0 saturated carbocycles. The summed E-state index contributed by atoms with van der Waals surface area (Å²) < 4.78 is 37.1. The monoisotopic (exact) mass is 557 g/mol. The van der Waals surface area contributed by atoms with E-state index in [1.165, 1.54) is 17.0 Å². The molecule has 0 bridgehead atoms. The second-order valence-electron chi connectivity index (χ2n) is 8.66. The van der Waals surface area contributed by atoms with Crippen LogP contribution in [-0.2, 0) is 26.2 Å². The summed E-state index contributed by atoms with van der Waals surface area (Å²) in [4.78, 5) is 28.1. The van der Waals surface area contributed by atoms with E-state index in [4.69, 9.17) is 32.7 Å². The van der Waals surface area contributed by atoms with Crippen LogP contribution in [0.2, 0.25) is 10.0 Å². The van der Waals surface area contributed by atoms with E-state index >= 15 is 0 Å². The molecule has 0 aliphatic carbocycles. The fourth-order valence-corrected chi connectivity index (χ4v) is 4.95. The van der Waals surface area contributed by atoms with Crippen LogP contribution < -0.4 is 19.1 Å². The van der Waals surface area contributed by atoms with Gasteiger partial charge in [-0.2, -0.15) is 0 Å². The SMILES string of the molecule is CCC(C(=O)NC(C)C)N(Cc1ccc(Cl)c(Cl)c1)C(=O)CN(c1ccc2c(c1)OCO2)S(C)(=O)=O. The van der Waals surface area contributed by atoms with Crippen molar-refractivity contribution in [2.45, 2.75) is 45.8 Å². The molecule has 196 valence electrons. The minimum absolute atomic E-state index is 0.0250. The third kappa shape index (κ3) is 6.74. The third-order valence-electron chi connectivity index (χ3n) is 5.48. The summed E-state index contributed by atoms with van der Waals surface area (Å²) >= 11 is 12.2. The standard InChI is InChI=1S/C24H29Cl2N3O6S/c1-5-20(24(31)27-15(2)3)28(12-16-6-8-18(25)19(26)10-16)23(30)13-29(36(4,32)33)17-7-9-21-22(11-17)35-14-34-21/h6-11,15,20H,5,12-14H2,1-4H3,(H,27,31). The van der Waals surface area contributed by atoms with Gasteiger partial charge in [-0.15, -0.1) is 0 Å². The molecule has 2 amide bonds. The van der Waals surface area contributed by atoms with E-state index in [1.54, 1.807) is 31.2 Å². The van der Waals surface area contributed by atoms with Crippen molar-refractivity contribution in [1.29, 1.82) is 0 Å². The van der Waals surface area contributed by atoms with E-state index in [2.05, 4.69) is 5.32 Å². The molecule has 1 unspecified atom stereocenters. The largest absolute Gasteiger partial charge is 0.454 e. The lowest BCUT2D eigenvalue weighted by molar-refractivity contribution is -0.140. The van der Waals surface area contributed by atoms with Crippen LogP contribution in [0.4, 0.5) is 5.69 Å². The van der Waals surface area contributed by atoms with Crippen molar-refractivity contribution < 1.29 is 27.5 Å². The number of rotatable bonds is 10. The quantitative estimate of drug-likeness (QED) is 0.476. The van der Waals surface area contributed by atoms with Gasteiger partial charge in [0, 0.05) is 18.7 Å². The molecule has 1 N–H and O–H groups in total. The highest BCUT2D eigenvalue weighted by molar-refractivity contribution is 7.92. The number of benzene rings is 2. The van der Waals surface area contributed by atoms with Gasteiger partial charge < -0.3 is 19.7 Å². The number of carbonyl (C=O) groups is 2. The van der Waals surface area contributed by atoms with Gasteiger partial charge in [0.25, 0.3) is 0 Å². The number of hydrogen-bond donors (Lipinski definition) is 1. The highest BCUT2D eigenvalue weighted by atomic mass is 35.5. The predicted molar refractivity (Wildman–Crippen MR) is 139 cm³/mol. The first-order chi connectivity index (χ1) is 16.9. The average molecular weight is 558 g/mol. The minimum atomic E-state index is -3.87. The number of nitrogens with zero attached hydrogens (tertiary/aromatic N) is 2. The Morgan fingerprint density at radius 1 is 1.06 bits per heavy atom. The van der Waals surface area contributed by atoms with Crippen molar-refractivity contribution in [2.24, 2.45) is 0 Å². The first kappa shape index (κ1) is 27.9. The Labute approximate surface area is 221 Å². The van der Waals surface area contributed by atoms with Crippen molar-refractivity contribution >= 4 is 50.7 Å². The van der Waals surface area contributed by atoms with Crippen LogP contribution in [-0.4, -0.2) is 56.8 Å². The fourth-order valence-electron chi connectivity index (χ4n) is 3.79. The minimum Gasteiger partial charge on any atom is -0.454 e. The number of sulfonamides is 1. The molecule has 12 heteroatoms. The maximum atomic E-state index is 13.7. The second kappa shape index (κ2) is 11.6. The van der Waals surface area contributed by atoms with Gasteiger partial charge in [0.2, 0.25) is 28.6 Å². The van der Waals surface area contributed by atoms with E-state index < -0.39 is 28.5 Å². The molecule has 0 fully saturated rings. The lowest BCUT2D eigenvalue weighted by atomic mass is 10.1. The highest BCUT2D eigenvalue weighted by Gasteiger charge is 2.32. The topological polar surface area (TPSA) is 105 Å². The molecule has 3 rings (SSSR count). The molecule has 0 radical (unpaired) electrons. The van der Waals surface area contributed by atoms with E-state index in [0.717, 1.165) is 10.6 Å². The Morgan fingerprint density at radius 3 is 2.36 bits per heavy atom. The van der Waals surface area contributed by atoms with Gasteiger partial charge in [0.15, 0.2) is 11.5 Å². The summed E-state index contributed by atoms with van der Waals surface area (Å²) in [5.74, 6) is -0.0370.